The summed E-state index contributed by atoms with van der Waals surface area (Å²) in [5.74, 6) is -0.850. The summed E-state index contributed by atoms with van der Waals surface area (Å²) in [4.78, 5) is 27.3. The fourth-order valence-electron chi connectivity index (χ4n) is 1.64. The van der Waals surface area contributed by atoms with E-state index in [1.807, 2.05) is 0 Å². The zero-order chi connectivity index (χ0) is 15.4. The number of esters is 1. The molecule has 0 unspecified atom stereocenters. The lowest BCUT2D eigenvalue weighted by molar-refractivity contribution is -0.119. The minimum absolute atomic E-state index is 0.155. The van der Waals surface area contributed by atoms with Crippen LogP contribution in [0, 0.1) is 13.8 Å². The molecular weight excluding hydrogens is 298 g/mol. The van der Waals surface area contributed by atoms with E-state index >= 15 is 0 Å². The third-order valence-corrected chi connectivity index (χ3v) is 2.91. The molecule has 0 aliphatic rings. The predicted molar refractivity (Wildman–Crippen MR) is 74.1 cm³/mol. The van der Waals surface area contributed by atoms with Crippen molar-refractivity contribution in [3.05, 3.63) is 40.5 Å². The number of hydrogen-bond donors (Lipinski definition) is 1. The van der Waals surface area contributed by atoms with Gasteiger partial charge in [0.1, 0.15) is 11.3 Å². The van der Waals surface area contributed by atoms with Gasteiger partial charge in [-0.2, -0.15) is 0 Å². The van der Waals surface area contributed by atoms with Crippen LogP contribution in [0.5, 0.6) is 0 Å². The SMILES string of the molecule is Cc1noc(C)c1C(=O)OCC(=O)Nc1cccnc1Cl. The highest BCUT2D eigenvalue weighted by atomic mass is 35.5. The van der Waals surface area contributed by atoms with Crippen molar-refractivity contribution < 1.29 is 18.8 Å². The summed E-state index contributed by atoms with van der Waals surface area (Å²) in [6, 6.07) is 3.21. The predicted octanol–water partition coefficient (Wildman–Crippen LogP) is 2.14. The van der Waals surface area contributed by atoms with Gasteiger partial charge in [0.05, 0.1) is 11.4 Å². The Balaban J connectivity index is 1.93. The fourth-order valence-corrected chi connectivity index (χ4v) is 1.81. The number of carbonyl (C=O) groups is 2. The number of aromatic nitrogens is 2. The number of nitrogens with one attached hydrogen (secondary N) is 1. The van der Waals surface area contributed by atoms with E-state index in [1.165, 1.54) is 6.20 Å². The van der Waals surface area contributed by atoms with E-state index in [4.69, 9.17) is 20.9 Å². The van der Waals surface area contributed by atoms with Crippen LogP contribution in [-0.2, 0) is 9.53 Å². The molecule has 0 fully saturated rings. The third-order valence-electron chi connectivity index (χ3n) is 2.61. The first kappa shape index (κ1) is 15.0. The summed E-state index contributed by atoms with van der Waals surface area (Å²) in [6.45, 7) is 2.75. The number of anilines is 1. The maximum atomic E-state index is 11.8. The Kier molecular flexibility index (Phi) is 4.54. The van der Waals surface area contributed by atoms with Crippen molar-refractivity contribution >= 4 is 29.2 Å². The maximum Gasteiger partial charge on any atom is 0.344 e. The lowest BCUT2D eigenvalue weighted by atomic mass is 10.2. The Morgan fingerprint density at radius 2 is 2.19 bits per heavy atom. The Hall–Kier alpha value is -2.41. The van der Waals surface area contributed by atoms with Crippen LogP contribution in [0.25, 0.3) is 0 Å². The summed E-state index contributed by atoms with van der Waals surface area (Å²) >= 11 is 5.80. The number of ether oxygens (including phenoxy) is 1. The van der Waals surface area contributed by atoms with E-state index in [2.05, 4.69) is 15.5 Å². The second kappa shape index (κ2) is 6.36. The number of rotatable bonds is 4. The highest BCUT2D eigenvalue weighted by Crippen LogP contribution is 2.17. The van der Waals surface area contributed by atoms with Crippen molar-refractivity contribution in [1.82, 2.24) is 10.1 Å². The quantitative estimate of drug-likeness (QED) is 0.687. The topological polar surface area (TPSA) is 94.3 Å². The number of amides is 1. The first-order valence-corrected chi connectivity index (χ1v) is 6.37. The van der Waals surface area contributed by atoms with Gasteiger partial charge in [0.2, 0.25) is 0 Å². The minimum atomic E-state index is -0.668. The largest absolute Gasteiger partial charge is 0.452 e. The second-order valence-corrected chi connectivity index (χ2v) is 4.52. The molecule has 1 amide bonds. The zero-order valence-electron chi connectivity index (χ0n) is 11.3. The fraction of sp³-hybridized carbons (Fsp3) is 0.231. The van der Waals surface area contributed by atoms with Crippen LogP contribution in [-0.4, -0.2) is 28.6 Å². The Labute approximate surface area is 125 Å². The molecular formula is C13H12ClN3O4. The molecule has 0 atom stereocenters. The van der Waals surface area contributed by atoms with Crippen LogP contribution in [0.3, 0.4) is 0 Å². The smallest absolute Gasteiger partial charge is 0.344 e. The molecule has 0 radical (unpaired) electrons. The van der Waals surface area contributed by atoms with Gasteiger partial charge in [-0.1, -0.05) is 16.8 Å². The van der Waals surface area contributed by atoms with Gasteiger partial charge in [-0.15, -0.1) is 0 Å². The summed E-state index contributed by atoms with van der Waals surface area (Å²) in [6.07, 6.45) is 1.50. The van der Waals surface area contributed by atoms with Gasteiger partial charge in [0.15, 0.2) is 11.8 Å². The van der Waals surface area contributed by atoms with Gasteiger partial charge < -0.3 is 14.6 Å². The maximum absolute atomic E-state index is 11.8. The number of hydrogen-bond acceptors (Lipinski definition) is 6. The Morgan fingerprint density at radius 1 is 1.43 bits per heavy atom. The van der Waals surface area contributed by atoms with E-state index in [0.29, 0.717) is 17.1 Å². The molecule has 2 aromatic rings. The molecule has 110 valence electrons. The van der Waals surface area contributed by atoms with Crippen LogP contribution in [0.15, 0.2) is 22.9 Å². The molecule has 2 heterocycles. The van der Waals surface area contributed by atoms with Gasteiger partial charge in [-0.05, 0) is 26.0 Å². The van der Waals surface area contributed by atoms with Gasteiger partial charge >= 0.3 is 5.97 Å². The van der Waals surface area contributed by atoms with Crippen LogP contribution in [0.1, 0.15) is 21.8 Å². The van der Waals surface area contributed by atoms with Crippen LogP contribution in [0.2, 0.25) is 5.15 Å². The van der Waals surface area contributed by atoms with Crippen molar-refractivity contribution in [1.29, 1.82) is 0 Å². The standard InChI is InChI=1S/C13H12ClN3O4/c1-7-11(8(2)21-17-7)13(19)20-6-10(18)16-9-4-3-5-15-12(9)14/h3-5H,6H2,1-2H3,(H,16,18). The molecule has 1 N–H and O–H groups in total. The first-order valence-electron chi connectivity index (χ1n) is 5.99. The number of aryl methyl sites for hydroxylation is 2. The lowest BCUT2D eigenvalue weighted by Gasteiger charge is -2.07. The van der Waals surface area contributed by atoms with Crippen molar-refractivity contribution in [3.8, 4) is 0 Å². The van der Waals surface area contributed by atoms with E-state index in [0.717, 1.165) is 0 Å². The van der Waals surface area contributed by atoms with E-state index in [9.17, 15) is 9.59 Å². The van der Waals surface area contributed by atoms with Crippen molar-refractivity contribution in [2.75, 3.05) is 11.9 Å². The summed E-state index contributed by atoms with van der Waals surface area (Å²) in [5.41, 5.74) is 0.980. The van der Waals surface area contributed by atoms with Gasteiger partial charge in [0, 0.05) is 6.20 Å². The lowest BCUT2D eigenvalue weighted by Crippen LogP contribution is -2.21. The van der Waals surface area contributed by atoms with E-state index in [1.54, 1.807) is 26.0 Å². The van der Waals surface area contributed by atoms with Gasteiger partial charge in [0.25, 0.3) is 5.91 Å². The average Bonchev–Trinajstić information content (AvgIpc) is 2.78. The van der Waals surface area contributed by atoms with Gasteiger partial charge in [-0.3, -0.25) is 4.79 Å². The third kappa shape index (κ3) is 3.57. The van der Waals surface area contributed by atoms with Crippen molar-refractivity contribution in [2.24, 2.45) is 0 Å². The van der Waals surface area contributed by atoms with E-state index in [-0.39, 0.29) is 10.7 Å². The molecule has 0 bridgehead atoms. The van der Waals surface area contributed by atoms with E-state index < -0.39 is 18.5 Å². The summed E-state index contributed by atoms with van der Waals surface area (Å²) in [7, 11) is 0. The highest BCUT2D eigenvalue weighted by Gasteiger charge is 2.20. The summed E-state index contributed by atoms with van der Waals surface area (Å²) < 4.78 is 9.76. The van der Waals surface area contributed by atoms with Gasteiger partial charge in [-0.25, -0.2) is 9.78 Å². The van der Waals surface area contributed by atoms with Crippen LogP contribution < -0.4 is 5.32 Å². The number of pyridine rings is 1. The number of nitrogens with zero attached hydrogens (tertiary/aromatic N) is 2. The monoisotopic (exact) mass is 309 g/mol. The summed E-state index contributed by atoms with van der Waals surface area (Å²) in [5, 5.41) is 6.29. The number of halogens is 1. The first-order chi connectivity index (χ1) is 9.99. The minimum Gasteiger partial charge on any atom is -0.452 e. The molecule has 8 heteroatoms. The molecule has 0 aliphatic carbocycles. The molecule has 0 saturated heterocycles. The molecule has 0 aliphatic heterocycles. The normalized spacial score (nSPS) is 10.2. The van der Waals surface area contributed by atoms with Crippen LogP contribution in [0.4, 0.5) is 5.69 Å². The zero-order valence-corrected chi connectivity index (χ0v) is 12.1. The molecule has 0 saturated carbocycles. The Morgan fingerprint density at radius 3 is 2.81 bits per heavy atom. The average molecular weight is 310 g/mol. The molecule has 21 heavy (non-hydrogen) atoms. The van der Waals surface area contributed by atoms with Crippen molar-refractivity contribution in [3.63, 3.8) is 0 Å². The molecule has 0 aromatic carbocycles. The molecule has 0 spiro atoms. The molecule has 7 nitrogen and oxygen atoms in total. The molecule has 2 rings (SSSR count). The van der Waals surface area contributed by atoms with Crippen molar-refractivity contribution in [2.45, 2.75) is 13.8 Å². The molecule has 2 aromatic heterocycles. The Bertz CT molecular complexity index is 664. The number of carbonyl (C=O) groups excluding carboxylic acids is 2. The highest BCUT2D eigenvalue weighted by molar-refractivity contribution is 6.32. The second-order valence-electron chi connectivity index (χ2n) is 4.17. The van der Waals surface area contributed by atoms with Crippen LogP contribution >= 0.6 is 11.6 Å².